The van der Waals surface area contributed by atoms with Crippen molar-refractivity contribution in [1.82, 2.24) is 4.72 Å². The van der Waals surface area contributed by atoms with Gasteiger partial charge in [-0.1, -0.05) is 0 Å². The van der Waals surface area contributed by atoms with Crippen molar-refractivity contribution in [1.29, 1.82) is 0 Å². The summed E-state index contributed by atoms with van der Waals surface area (Å²) in [5, 5.41) is 2.84. The van der Waals surface area contributed by atoms with E-state index in [9.17, 15) is 13.2 Å². The molecule has 0 aromatic heterocycles. The Kier molecular flexibility index (Phi) is 3.98. The zero-order valence-electron chi connectivity index (χ0n) is 13.6. The van der Waals surface area contributed by atoms with E-state index >= 15 is 0 Å². The number of fused-ring (bicyclic) bond motifs is 1. The van der Waals surface area contributed by atoms with E-state index in [1.807, 2.05) is 0 Å². The molecular formula is C16H22N2O4S. The van der Waals surface area contributed by atoms with Crippen LogP contribution in [0.3, 0.4) is 0 Å². The predicted octanol–water partition coefficient (Wildman–Crippen LogP) is 1.68. The molecule has 1 saturated heterocycles. The second-order valence-electron chi connectivity index (χ2n) is 6.73. The maximum atomic E-state index is 12.6. The van der Waals surface area contributed by atoms with E-state index in [1.165, 1.54) is 0 Å². The smallest absolute Gasteiger partial charge is 0.240 e. The van der Waals surface area contributed by atoms with E-state index in [2.05, 4.69) is 10.0 Å². The SMILES string of the molecule is Cc1cc(S(=O)(=O)NC[C@@H]2CCCO2)cc2c1NC(=O)C2(C)C. The topological polar surface area (TPSA) is 84.5 Å². The summed E-state index contributed by atoms with van der Waals surface area (Å²) in [5.74, 6) is -0.113. The summed E-state index contributed by atoms with van der Waals surface area (Å²) in [7, 11) is -3.63. The lowest BCUT2D eigenvalue weighted by Gasteiger charge is -2.17. The van der Waals surface area contributed by atoms with Crippen molar-refractivity contribution in [2.75, 3.05) is 18.5 Å². The number of hydrogen-bond donors (Lipinski definition) is 2. The molecule has 1 aromatic carbocycles. The van der Waals surface area contributed by atoms with E-state index in [0.29, 0.717) is 6.61 Å². The van der Waals surface area contributed by atoms with Gasteiger partial charge in [-0.2, -0.15) is 0 Å². The molecule has 1 atom stereocenters. The number of rotatable bonds is 4. The Morgan fingerprint density at radius 1 is 1.39 bits per heavy atom. The van der Waals surface area contributed by atoms with Crippen LogP contribution < -0.4 is 10.0 Å². The number of aryl methyl sites for hydroxylation is 1. The number of amides is 1. The van der Waals surface area contributed by atoms with E-state index < -0.39 is 15.4 Å². The third kappa shape index (κ3) is 2.88. The average molecular weight is 338 g/mol. The highest BCUT2D eigenvalue weighted by atomic mass is 32.2. The molecule has 7 heteroatoms. The molecule has 1 fully saturated rings. The van der Waals surface area contributed by atoms with Gasteiger partial charge in [-0.15, -0.1) is 0 Å². The van der Waals surface area contributed by atoms with Crippen molar-refractivity contribution in [3.8, 4) is 0 Å². The number of benzene rings is 1. The second kappa shape index (κ2) is 5.58. The van der Waals surface area contributed by atoms with Crippen LogP contribution >= 0.6 is 0 Å². The van der Waals surface area contributed by atoms with Gasteiger partial charge in [-0.25, -0.2) is 13.1 Å². The van der Waals surface area contributed by atoms with Gasteiger partial charge in [-0.05, 0) is 56.9 Å². The summed E-state index contributed by atoms with van der Waals surface area (Å²) in [6, 6.07) is 3.19. The maximum absolute atomic E-state index is 12.6. The van der Waals surface area contributed by atoms with Crippen LogP contribution in [-0.4, -0.2) is 33.6 Å². The maximum Gasteiger partial charge on any atom is 0.240 e. The number of carbonyl (C=O) groups excluding carboxylic acids is 1. The van der Waals surface area contributed by atoms with Crippen LogP contribution in [0.15, 0.2) is 17.0 Å². The normalized spacial score (nSPS) is 22.9. The number of nitrogens with one attached hydrogen (secondary N) is 2. The third-order valence-electron chi connectivity index (χ3n) is 4.62. The first-order valence-corrected chi connectivity index (χ1v) is 9.28. The van der Waals surface area contributed by atoms with Crippen molar-refractivity contribution in [3.05, 3.63) is 23.3 Å². The fourth-order valence-corrected chi connectivity index (χ4v) is 4.23. The number of ether oxygens (including phenoxy) is 1. The number of carbonyl (C=O) groups is 1. The van der Waals surface area contributed by atoms with E-state index in [1.54, 1.807) is 32.9 Å². The Balaban J connectivity index is 1.90. The van der Waals surface area contributed by atoms with Gasteiger partial charge in [0.1, 0.15) is 0 Å². The van der Waals surface area contributed by atoms with Crippen molar-refractivity contribution >= 4 is 21.6 Å². The minimum Gasteiger partial charge on any atom is -0.377 e. The lowest BCUT2D eigenvalue weighted by molar-refractivity contribution is -0.119. The Morgan fingerprint density at radius 3 is 2.78 bits per heavy atom. The lowest BCUT2D eigenvalue weighted by Crippen LogP contribution is -2.32. The molecule has 23 heavy (non-hydrogen) atoms. The molecule has 2 N–H and O–H groups in total. The van der Waals surface area contributed by atoms with Crippen molar-refractivity contribution < 1.29 is 17.9 Å². The molecule has 0 radical (unpaired) electrons. The summed E-state index contributed by atoms with van der Waals surface area (Å²) >= 11 is 0. The van der Waals surface area contributed by atoms with Gasteiger partial charge < -0.3 is 10.1 Å². The summed E-state index contributed by atoms with van der Waals surface area (Å²) < 4.78 is 33.2. The zero-order valence-corrected chi connectivity index (χ0v) is 14.4. The van der Waals surface area contributed by atoms with Crippen molar-refractivity contribution in [2.45, 2.75) is 50.0 Å². The molecule has 1 aromatic rings. The van der Waals surface area contributed by atoms with Crippen LogP contribution in [0, 0.1) is 6.92 Å². The summed E-state index contributed by atoms with van der Waals surface area (Å²) in [4.78, 5) is 12.3. The van der Waals surface area contributed by atoms with Gasteiger partial charge >= 0.3 is 0 Å². The van der Waals surface area contributed by atoms with Gasteiger partial charge in [0.05, 0.1) is 16.4 Å². The summed E-state index contributed by atoms with van der Waals surface area (Å²) in [6.07, 6.45) is 1.78. The van der Waals surface area contributed by atoms with Crippen LogP contribution in [0.4, 0.5) is 5.69 Å². The van der Waals surface area contributed by atoms with Gasteiger partial charge in [0.2, 0.25) is 15.9 Å². The average Bonchev–Trinajstić information content (AvgIpc) is 3.06. The predicted molar refractivity (Wildman–Crippen MR) is 87.0 cm³/mol. The fraction of sp³-hybridized carbons (Fsp3) is 0.562. The fourth-order valence-electron chi connectivity index (χ4n) is 3.05. The minimum atomic E-state index is -3.63. The quantitative estimate of drug-likeness (QED) is 0.875. The molecule has 126 valence electrons. The first kappa shape index (κ1) is 16.4. The second-order valence-corrected chi connectivity index (χ2v) is 8.50. The number of anilines is 1. The molecule has 1 amide bonds. The summed E-state index contributed by atoms with van der Waals surface area (Å²) in [6.45, 7) is 6.36. The van der Waals surface area contributed by atoms with Crippen LogP contribution in [0.25, 0.3) is 0 Å². The number of sulfonamides is 1. The van der Waals surface area contributed by atoms with E-state index in [4.69, 9.17) is 4.74 Å². The molecule has 2 aliphatic rings. The Hall–Kier alpha value is -1.44. The molecule has 2 heterocycles. The van der Waals surface area contributed by atoms with Gasteiger partial charge in [0, 0.05) is 18.8 Å². The van der Waals surface area contributed by atoms with Crippen LogP contribution in [0.2, 0.25) is 0 Å². The van der Waals surface area contributed by atoms with Crippen LogP contribution in [-0.2, 0) is 25.0 Å². The van der Waals surface area contributed by atoms with Crippen LogP contribution in [0.1, 0.15) is 37.8 Å². The molecule has 0 spiro atoms. The zero-order chi connectivity index (χ0) is 16.8. The minimum absolute atomic E-state index is 0.0556. The number of hydrogen-bond acceptors (Lipinski definition) is 4. The molecule has 2 aliphatic heterocycles. The molecule has 0 aliphatic carbocycles. The summed E-state index contributed by atoms with van der Waals surface area (Å²) in [5.41, 5.74) is 1.46. The molecule has 6 nitrogen and oxygen atoms in total. The Labute approximate surface area is 136 Å². The largest absolute Gasteiger partial charge is 0.377 e. The monoisotopic (exact) mass is 338 g/mol. The highest BCUT2D eigenvalue weighted by Gasteiger charge is 2.40. The molecular weight excluding hydrogens is 316 g/mol. The molecule has 0 unspecified atom stereocenters. The third-order valence-corrected chi connectivity index (χ3v) is 6.03. The first-order valence-electron chi connectivity index (χ1n) is 7.79. The molecule has 0 bridgehead atoms. The van der Waals surface area contributed by atoms with Crippen LogP contribution in [0.5, 0.6) is 0 Å². The van der Waals surface area contributed by atoms with Crippen molar-refractivity contribution in [2.24, 2.45) is 0 Å². The van der Waals surface area contributed by atoms with Gasteiger partial charge in [0.25, 0.3) is 0 Å². The molecule has 0 saturated carbocycles. The Bertz CT molecular complexity index is 750. The standard InChI is InChI=1S/C16H22N2O4S/c1-10-7-12(8-13-14(10)18-15(19)16(13,2)3)23(20,21)17-9-11-5-4-6-22-11/h7-8,11,17H,4-6,9H2,1-3H3,(H,18,19)/t11-/m0/s1. The van der Waals surface area contributed by atoms with Gasteiger partial charge in [0.15, 0.2) is 0 Å². The van der Waals surface area contributed by atoms with Gasteiger partial charge in [-0.3, -0.25) is 4.79 Å². The lowest BCUT2D eigenvalue weighted by atomic mass is 9.85. The van der Waals surface area contributed by atoms with Crippen molar-refractivity contribution in [3.63, 3.8) is 0 Å². The highest BCUT2D eigenvalue weighted by Crippen LogP contribution is 2.40. The van der Waals surface area contributed by atoms with E-state index in [0.717, 1.165) is 29.7 Å². The Morgan fingerprint density at radius 2 is 2.13 bits per heavy atom. The molecule has 3 rings (SSSR count). The highest BCUT2D eigenvalue weighted by molar-refractivity contribution is 7.89. The van der Waals surface area contributed by atoms with E-state index in [-0.39, 0.29) is 23.5 Å². The first-order chi connectivity index (χ1) is 10.7.